The van der Waals surface area contributed by atoms with Crippen molar-refractivity contribution in [1.29, 1.82) is 0 Å². The van der Waals surface area contributed by atoms with Crippen molar-refractivity contribution in [3.8, 4) is 0 Å². The number of carbonyl (C=O) groups excluding carboxylic acids is 2. The van der Waals surface area contributed by atoms with Crippen molar-refractivity contribution in [2.75, 3.05) is 0 Å². The lowest BCUT2D eigenvalue weighted by Gasteiger charge is -2.07. The van der Waals surface area contributed by atoms with E-state index in [9.17, 15) is 9.59 Å². The maximum absolute atomic E-state index is 12.4. The van der Waals surface area contributed by atoms with Crippen molar-refractivity contribution in [1.82, 2.24) is 0 Å². The lowest BCUT2D eigenvalue weighted by atomic mass is 9.94. The Bertz CT molecular complexity index is 726. The third-order valence-electron chi connectivity index (χ3n) is 4.44. The maximum atomic E-state index is 12.4. The quantitative estimate of drug-likeness (QED) is 0.802. The van der Waals surface area contributed by atoms with Gasteiger partial charge in [0.2, 0.25) is 0 Å². The Morgan fingerprint density at radius 2 is 1.73 bits per heavy atom. The molecule has 0 amide bonds. The van der Waals surface area contributed by atoms with E-state index in [0.717, 1.165) is 22.3 Å². The van der Waals surface area contributed by atoms with Crippen LogP contribution in [0.15, 0.2) is 42.5 Å². The molecule has 0 radical (unpaired) electrons. The number of ketones is 2. The SMILES string of the molecule is Cc1ccc(CCC(=O)[C@H]2Cc3ccc(C)cc3C2=O)cc1. The first kappa shape index (κ1) is 14.7. The molecule has 0 fully saturated rings. The molecule has 2 heteroatoms. The van der Waals surface area contributed by atoms with Crippen LogP contribution in [0.1, 0.15) is 39.0 Å². The first-order valence-corrected chi connectivity index (χ1v) is 7.76. The number of fused-ring (bicyclic) bond motifs is 1. The summed E-state index contributed by atoms with van der Waals surface area (Å²) in [5.41, 5.74) is 5.20. The highest BCUT2D eigenvalue weighted by molar-refractivity contribution is 6.14. The summed E-state index contributed by atoms with van der Waals surface area (Å²) in [6, 6.07) is 14.1. The Labute approximate surface area is 131 Å². The second-order valence-corrected chi connectivity index (χ2v) is 6.23. The topological polar surface area (TPSA) is 34.1 Å². The number of hydrogen-bond donors (Lipinski definition) is 0. The molecular weight excluding hydrogens is 272 g/mol. The van der Waals surface area contributed by atoms with Crippen LogP contribution in [0.3, 0.4) is 0 Å². The van der Waals surface area contributed by atoms with Crippen molar-refractivity contribution < 1.29 is 9.59 Å². The van der Waals surface area contributed by atoms with Crippen LogP contribution in [0.2, 0.25) is 0 Å². The minimum Gasteiger partial charge on any atom is -0.299 e. The Kier molecular flexibility index (Phi) is 3.93. The molecule has 3 rings (SSSR count). The highest BCUT2D eigenvalue weighted by Gasteiger charge is 2.34. The van der Waals surface area contributed by atoms with E-state index in [0.29, 0.717) is 19.3 Å². The van der Waals surface area contributed by atoms with E-state index in [1.807, 2.05) is 32.0 Å². The van der Waals surface area contributed by atoms with Crippen molar-refractivity contribution in [3.63, 3.8) is 0 Å². The van der Waals surface area contributed by atoms with Crippen LogP contribution in [0, 0.1) is 19.8 Å². The summed E-state index contributed by atoms with van der Waals surface area (Å²) in [7, 11) is 0. The normalized spacial score (nSPS) is 16.6. The molecule has 0 aliphatic heterocycles. The van der Waals surface area contributed by atoms with E-state index in [1.54, 1.807) is 0 Å². The molecule has 2 aromatic rings. The number of aryl methyl sites for hydroxylation is 3. The monoisotopic (exact) mass is 292 g/mol. The summed E-state index contributed by atoms with van der Waals surface area (Å²) in [6.07, 6.45) is 1.71. The standard InChI is InChI=1S/C20H20O2/c1-13-3-6-15(7-4-13)8-10-19(21)18-12-16-9-5-14(2)11-17(16)20(18)22/h3-7,9,11,18H,8,10,12H2,1-2H3/t18-/m1/s1. The van der Waals surface area contributed by atoms with Crippen molar-refractivity contribution >= 4 is 11.6 Å². The minimum atomic E-state index is -0.470. The van der Waals surface area contributed by atoms with Gasteiger partial charge in [0.1, 0.15) is 5.78 Å². The van der Waals surface area contributed by atoms with Gasteiger partial charge in [-0.2, -0.15) is 0 Å². The summed E-state index contributed by atoms with van der Waals surface area (Å²) < 4.78 is 0. The Hall–Kier alpha value is -2.22. The van der Waals surface area contributed by atoms with Crippen molar-refractivity contribution in [3.05, 3.63) is 70.3 Å². The maximum Gasteiger partial charge on any atom is 0.173 e. The van der Waals surface area contributed by atoms with E-state index >= 15 is 0 Å². The zero-order valence-electron chi connectivity index (χ0n) is 13.1. The summed E-state index contributed by atoms with van der Waals surface area (Å²) in [5, 5.41) is 0. The molecule has 1 aliphatic carbocycles. The van der Waals surface area contributed by atoms with Gasteiger partial charge < -0.3 is 0 Å². The number of carbonyl (C=O) groups is 2. The van der Waals surface area contributed by atoms with Crippen LogP contribution in [0.5, 0.6) is 0 Å². The van der Waals surface area contributed by atoms with Crippen LogP contribution >= 0.6 is 0 Å². The van der Waals surface area contributed by atoms with Gasteiger partial charge in [-0.25, -0.2) is 0 Å². The highest BCUT2D eigenvalue weighted by atomic mass is 16.2. The Balaban J connectivity index is 1.67. The van der Waals surface area contributed by atoms with Gasteiger partial charge in [0.15, 0.2) is 5.78 Å². The average molecular weight is 292 g/mol. The molecule has 2 aromatic carbocycles. The zero-order valence-corrected chi connectivity index (χ0v) is 13.1. The van der Waals surface area contributed by atoms with E-state index in [-0.39, 0.29) is 11.6 Å². The lowest BCUT2D eigenvalue weighted by molar-refractivity contribution is -0.121. The van der Waals surface area contributed by atoms with Crippen molar-refractivity contribution in [2.24, 2.45) is 5.92 Å². The Morgan fingerprint density at radius 3 is 2.45 bits per heavy atom. The van der Waals surface area contributed by atoms with E-state index < -0.39 is 5.92 Å². The van der Waals surface area contributed by atoms with Gasteiger partial charge in [-0.05, 0) is 43.9 Å². The molecular formula is C20H20O2. The molecule has 0 bridgehead atoms. The van der Waals surface area contributed by atoms with Gasteiger partial charge in [0.05, 0.1) is 5.92 Å². The van der Waals surface area contributed by atoms with Gasteiger partial charge in [-0.15, -0.1) is 0 Å². The Morgan fingerprint density at radius 1 is 1.05 bits per heavy atom. The number of rotatable bonds is 4. The predicted octanol–water partition coefficient (Wildman–Crippen LogP) is 3.86. The summed E-state index contributed by atoms with van der Waals surface area (Å²) in [6.45, 7) is 4.02. The van der Waals surface area contributed by atoms with Gasteiger partial charge in [-0.1, -0.05) is 47.5 Å². The number of Topliss-reactive ketones (excluding diaryl/α,β-unsaturated/α-hetero) is 2. The van der Waals surface area contributed by atoms with Gasteiger partial charge >= 0.3 is 0 Å². The smallest absolute Gasteiger partial charge is 0.173 e. The average Bonchev–Trinajstić information content (AvgIpc) is 2.83. The molecule has 0 aromatic heterocycles. The molecule has 0 spiro atoms. The largest absolute Gasteiger partial charge is 0.299 e. The zero-order chi connectivity index (χ0) is 15.7. The van der Waals surface area contributed by atoms with E-state index in [1.165, 1.54) is 5.56 Å². The number of hydrogen-bond acceptors (Lipinski definition) is 2. The molecule has 112 valence electrons. The van der Waals surface area contributed by atoms with Crippen LogP contribution in [0.25, 0.3) is 0 Å². The van der Waals surface area contributed by atoms with Crippen LogP contribution in [-0.4, -0.2) is 11.6 Å². The number of benzene rings is 2. The summed E-state index contributed by atoms with van der Waals surface area (Å²) in [4.78, 5) is 24.9. The fourth-order valence-electron chi connectivity index (χ4n) is 3.05. The second-order valence-electron chi connectivity index (χ2n) is 6.23. The fourth-order valence-corrected chi connectivity index (χ4v) is 3.05. The fraction of sp³-hybridized carbons (Fsp3) is 0.300. The molecule has 0 saturated heterocycles. The van der Waals surface area contributed by atoms with Crippen LogP contribution < -0.4 is 0 Å². The van der Waals surface area contributed by atoms with Crippen LogP contribution in [0.4, 0.5) is 0 Å². The van der Waals surface area contributed by atoms with Crippen molar-refractivity contribution in [2.45, 2.75) is 33.1 Å². The third kappa shape index (κ3) is 2.87. The third-order valence-corrected chi connectivity index (χ3v) is 4.44. The minimum absolute atomic E-state index is 0.00704. The molecule has 22 heavy (non-hydrogen) atoms. The molecule has 0 N–H and O–H groups in total. The molecule has 2 nitrogen and oxygen atoms in total. The summed E-state index contributed by atoms with van der Waals surface area (Å²) >= 11 is 0. The molecule has 0 heterocycles. The molecule has 0 unspecified atom stereocenters. The molecule has 1 aliphatic rings. The predicted molar refractivity (Wildman–Crippen MR) is 87.2 cm³/mol. The van der Waals surface area contributed by atoms with E-state index in [4.69, 9.17) is 0 Å². The van der Waals surface area contributed by atoms with Crippen LogP contribution in [-0.2, 0) is 17.6 Å². The lowest BCUT2D eigenvalue weighted by Crippen LogP contribution is -2.21. The molecule has 0 saturated carbocycles. The van der Waals surface area contributed by atoms with Gasteiger partial charge in [-0.3, -0.25) is 9.59 Å². The molecule has 1 atom stereocenters. The van der Waals surface area contributed by atoms with Gasteiger partial charge in [0.25, 0.3) is 0 Å². The first-order valence-electron chi connectivity index (χ1n) is 7.76. The summed E-state index contributed by atoms with van der Waals surface area (Å²) in [5.74, 6) is -0.394. The first-order chi connectivity index (χ1) is 10.5. The highest BCUT2D eigenvalue weighted by Crippen LogP contribution is 2.29. The van der Waals surface area contributed by atoms with Gasteiger partial charge in [0, 0.05) is 12.0 Å². The van der Waals surface area contributed by atoms with E-state index in [2.05, 4.69) is 24.3 Å². The second kappa shape index (κ2) is 5.88.